The number of alkyl halides is 3. The monoisotopic (exact) mass is 546 g/mol. The van der Waals surface area contributed by atoms with Gasteiger partial charge in [-0.3, -0.25) is 9.36 Å². The van der Waals surface area contributed by atoms with Gasteiger partial charge in [0.25, 0.3) is 5.91 Å². The number of pyridine rings is 1. The smallest absolute Gasteiger partial charge is 0.406 e. The molecule has 38 heavy (non-hydrogen) atoms. The number of aromatic nitrogens is 3. The molecule has 3 heterocycles. The van der Waals surface area contributed by atoms with Crippen molar-refractivity contribution >= 4 is 27.6 Å². The normalized spacial score (nSPS) is 14.0. The van der Waals surface area contributed by atoms with Gasteiger partial charge in [0, 0.05) is 24.6 Å². The summed E-state index contributed by atoms with van der Waals surface area (Å²) in [5.74, 6) is -0.347. The topological polar surface area (TPSA) is 139 Å². The van der Waals surface area contributed by atoms with Crippen LogP contribution in [0, 0.1) is 11.3 Å². The molecule has 1 aliphatic rings. The number of halogens is 3. The number of fused-ring (bicyclic) bond motifs is 1. The molecule has 0 bridgehead atoms. The van der Waals surface area contributed by atoms with Crippen LogP contribution in [0.2, 0.25) is 0 Å². The Hall–Kier alpha value is -4.38. The molecule has 0 saturated heterocycles. The summed E-state index contributed by atoms with van der Waals surface area (Å²) < 4.78 is 68.0. The molecular weight excluding hydrogens is 525 g/mol. The quantitative estimate of drug-likeness (QED) is 0.477. The molecule has 1 aromatic carbocycles. The Balaban J connectivity index is 1.72. The summed E-state index contributed by atoms with van der Waals surface area (Å²) >= 11 is 0. The summed E-state index contributed by atoms with van der Waals surface area (Å²) in [7, 11) is -3.96. The molecule has 0 saturated carbocycles. The molecule has 14 heteroatoms. The number of nitriles is 1. The average molecular weight is 547 g/mol. The summed E-state index contributed by atoms with van der Waals surface area (Å²) in [4.78, 5) is 21.5. The molecule has 2 aromatic heterocycles. The van der Waals surface area contributed by atoms with E-state index in [9.17, 15) is 26.4 Å². The highest BCUT2D eigenvalue weighted by molar-refractivity contribution is 7.90. The highest BCUT2D eigenvalue weighted by atomic mass is 32.2. The highest BCUT2D eigenvalue weighted by Gasteiger charge is 2.32. The van der Waals surface area contributed by atoms with Gasteiger partial charge in [-0.15, -0.1) is 13.2 Å². The molecule has 0 spiro atoms. The van der Waals surface area contributed by atoms with Crippen LogP contribution in [0.4, 0.5) is 19.0 Å². The minimum atomic E-state index is -5.09. The first-order valence-corrected chi connectivity index (χ1v) is 13.0. The summed E-state index contributed by atoms with van der Waals surface area (Å²) in [6.45, 7) is 4.06. The lowest BCUT2D eigenvalue weighted by molar-refractivity contribution is -0.274. The number of hydrogen-bond donors (Lipinski definition) is 2. The summed E-state index contributed by atoms with van der Waals surface area (Å²) in [6.07, 6.45) is -1.04. The van der Waals surface area contributed by atoms with Gasteiger partial charge in [-0.05, 0) is 50.3 Å². The Morgan fingerprint density at radius 2 is 2.03 bits per heavy atom. The van der Waals surface area contributed by atoms with Crippen molar-refractivity contribution in [2.75, 3.05) is 18.1 Å². The fourth-order valence-electron chi connectivity index (χ4n) is 3.79. The van der Waals surface area contributed by atoms with E-state index < -0.39 is 38.8 Å². The van der Waals surface area contributed by atoms with Gasteiger partial charge in [-0.25, -0.2) is 18.4 Å². The summed E-state index contributed by atoms with van der Waals surface area (Å²) in [6, 6.07) is 6.83. The number of hydrogen-bond acceptors (Lipinski definition) is 8. The van der Waals surface area contributed by atoms with Crippen LogP contribution in [0.25, 0.3) is 11.9 Å². The van der Waals surface area contributed by atoms with Crippen LogP contribution >= 0.6 is 0 Å². The van der Waals surface area contributed by atoms with Gasteiger partial charge in [0.2, 0.25) is 0 Å². The number of nitrogens with zero attached hydrogens (tertiary/aromatic N) is 4. The van der Waals surface area contributed by atoms with Crippen LogP contribution in [0.3, 0.4) is 0 Å². The Labute approximate surface area is 215 Å². The number of nitrogens with one attached hydrogen (secondary N) is 2. The van der Waals surface area contributed by atoms with E-state index in [0.717, 1.165) is 24.0 Å². The molecular formula is C24H21F3N6O4S. The SMILES string of the molecule is CC1=Cc2nc(C(C)NC(=O)c3cc(OC(F)(F)F)cc(S(C)(=O)=O)c3)n(-c3ccc(C#N)cn3)c2NC1. The van der Waals surface area contributed by atoms with Gasteiger partial charge < -0.3 is 15.4 Å². The Morgan fingerprint density at radius 3 is 2.63 bits per heavy atom. The number of sulfone groups is 1. The second kappa shape index (κ2) is 9.82. The van der Waals surface area contributed by atoms with E-state index in [1.807, 2.05) is 19.1 Å². The summed E-state index contributed by atoms with van der Waals surface area (Å²) in [5.41, 5.74) is 1.58. The van der Waals surface area contributed by atoms with Gasteiger partial charge >= 0.3 is 6.36 Å². The number of amides is 1. The second-order valence-corrected chi connectivity index (χ2v) is 10.6. The van der Waals surface area contributed by atoms with Crippen molar-refractivity contribution in [3.8, 4) is 17.6 Å². The predicted octanol–water partition coefficient (Wildman–Crippen LogP) is 3.76. The number of ether oxygens (including phenoxy) is 1. The van der Waals surface area contributed by atoms with Crippen molar-refractivity contribution in [3.63, 3.8) is 0 Å². The van der Waals surface area contributed by atoms with E-state index >= 15 is 0 Å². The lowest BCUT2D eigenvalue weighted by Crippen LogP contribution is -2.29. The van der Waals surface area contributed by atoms with Crippen molar-refractivity contribution in [2.45, 2.75) is 31.1 Å². The molecule has 10 nitrogen and oxygen atoms in total. The van der Waals surface area contributed by atoms with Crippen LogP contribution in [-0.4, -0.2) is 48.0 Å². The van der Waals surface area contributed by atoms with Gasteiger partial charge in [-0.2, -0.15) is 5.26 Å². The minimum Gasteiger partial charge on any atom is -0.406 e. The van der Waals surface area contributed by atoms with Gasteiger partial charge in [0.15, 0.2) is 9.84 Å². The minimum absolute atomic E-state index is 0.338. The molecule has 1 aliphatic heterocycles. The number of imidazole rings is 1. The van der Waals surface area contributed by atoms with Crippen LogP contribution in [0.15, 0.2) is 47.0 Å². The first-order valence-electron chi connectivity index (χ1n) is 11.1. The second-order valence-electron chi connectivity index (χ2n) is 8.61. The fourth-order valence-corrected chi connectivity index (χ4v) is 4.47. The lowest BCUT2D eigenvalue weighted by atomic mass is 10.2. The largest absolute Gasteiger partial charge is 0.573 e. The molecule has 198 valence electrons. The van der Waals surface area contributed by atoms with Gasteiger partial charge in [0.05, 0.1) is 16.5 Å². The fraction of sp³-hybridized carbons (Fsp3) is 0.250. The van der Waals surface area contributed by atoms with Crippen molar-refractivity contribution < 1.29 is 31.1 Å². The maximum atomic E-state index is 13.1. The van der Waals surface area contributed by atoms with Crippen LogP contribution < -0.4 is 15.4 Å². The Morgan fingerprint density at radius 1 is 1.29 bits per heavy atom. The van der Waals surface area contributed by atoms with Crippen molar-refractivity contribution in [2.24, 2.45) is 0 Å². The van der Waals surface area contributed by atoms with E-state index in [-0.39, 0.29) is 5.56 Å². The standard InChI is InChI=1S/C24H21F3N6O4S/c1-13-6-19-22(30-11-13)33(20-5-4-15(10-28)12-29-20)21(32-19)14(2)31-23(34)16-7-17(37-24(25,26)27)9-18(8-16)38(3,35)36/h4-9,12,14,30H,11H2,1-3H3,(H,31,34). The van der Waals surface area contributed by atoms with E-state index in [1.165, 1.54) is 6.20 Å². The molecule has 1 unspecified atom stereocenters. The molecule has 4 rings (SSSR count). The van der Waals surface area contributed by atoms with Crippen LogP contribution in [-0.2, 0) is 9.84 Å². The Kier molecular flexibility index (Phi) is 6.90. The molecule has 0 radical (unpaired) electrons. The van der Waals surface area contributed by atoms with E-state index in [2.05, 4.69) is 25.3 Å². The highest BCUT2D eigenvalue weighted by Crippen LogP contribution is 2.31. The van der Waals surface area contributed by atoms with Crippen molar-refractivity contribution in [3.05, 3.63) is 64.7 Å². The zero-order chi connectivity index (χ0) is 27.8. The first kappa shape index (κ1) is 26.7. The summed E-state index contributed by atoms with van der Waals surface area (Å²) in [5, 5.41) is 15.0. The average Bonchev–Trinajstić information content (AvgIpc) is 3.21. The van der Waals surface area contributed by atoms with Gasteiger partial charge in [-0.1, -0.05) is 5.57 Å². The molecule has 1 amide bonds. The zero-order valence-electron chi connectivity index (χ0n) is 20.3. The lowest BCUT2D eigenvalue weighted by Gasteiger charge is -2.19. The number of carbonyl (C=O) groups excluding carboxylic acids is 1. The molecule has 0 aliphatic carbocycles. The molecule has 1 atom stereocenters. The third kappa shape index (κ3) is 5.78. The molecule has 0 fully saturated rings. The number of carbonyl (C=O) groups is 1. The molecule has 3 aromatic rings. The van der Waals surface area contributed by atoms with Gasteiger partial charge in [0.1, 0.15) is 35.0 Å². The maximum Gasteiger partial charge on any atom is 0.573 e. The van der Waals surface area contributed by atoms with Crippen LogP contribution in [0.1, 0.15) is 47.3 Å². The Bertz CT molecular complexity index is 1590. The number of rotatable bonds is 6. The predicted molar refractivity (Wildman–Crippen MR) is 130 cm³/mol. The van der Waals surface area contributed by atoms with Crippen molar-refractivity contribution in [1.82, 2.24) is 19.9 Å². The van der Waals surface area contributed by atoms with Crippen LogP contribution in [0.5, 0.6) is 5.75 Å². The third-order valence-electron chi connectivity index (χ3n) is 5.49. The number of anilines is 1. The van der Waals surface area contributed by atoms with E-state index in [4.69, 9.17) is 5.26 Å². The van der Waals surface area contributed by atoms with Crippen molar-refractivity contribution in [1.29, 1.82) is 5.26 Å². The van der Waals surface area contributed by atoms with E-state index in [0.29, 0.717) is 41.3 Å². The number of benzene rings is 1. The third-order valence-corrected chi connectivity index (χ3v) is 6.59. The zero-order valence-corrected chi connectivity index (χ0v) is 21.1. The molecule has 2 N–H and O–H groups in total. The first-order chi connectivity index (χ1) is 17.7. The maximum absolute atomic E-state index is 13.1. The van der Waals surface area contributed by atoms with E-state index in [1.54, 1.807) is 23.6 Å².